The molecule has 166 valence electrons. The van der Waals surface area contributed by atoms with E-state index in [2.05, 4.69) is 0 Å². The van der Waals surface area contributed by atoms with E-state index < -0.39 is 11.2 Å². The minimum absolute atomic E-state index is 0.292. The molecule has 3 aromatic rings. The van der Waals surface area contributed by atoms with Crippen LogP contribution in [0.15, 0.2) is 72.8 Å². The Morgan fingerprint density at radius 3 is 2.34 bits per heavy atom. The molecular weight excluding hydrogens is 402 g/mol. The number of benzene rings is 3. The molecule has 5 nitrogen and oxygen atoms in total. The molecule has 3 aromatic carbocycles. The quantitative estimate of drug-likeness (QED) is 0.542. The topological polar surface area (TPSA) is 59.0 Å². The maximum Gasteiger partial charge on any atom is 0.268 e. The van der Waals surface area contributed by atoms with Gasteiger partial charge in [0.15, 0.2) is 5.60 Å². The smallest absolute Gasteiger partial charge is 0.268 e. The highest BCUT2D eigenvalue weighted by atomic mass is 16.5. The number of nitrogens with zero attached hydrogens (tertiary/aromatic N) is 1. The summed E-state index contributed by atoms with van der Waals surface area (Å²) in [6.45, 7) is 6.16. The Labute approximate surface area is 189 Å². The van der Waals surface area contributed by atoms with Crippen LogP contribution in [0.1, 0.15) is 43.9 Å². The van der Waals surface area contributed by atoms with Gasteiger partial charge in [0.25, 0.3) is 5.91 Å². The Morgan fingerprint density at radius 2 is 1.66 bits per heavy atom. The molecule has 0 aliphatic carbocycles. The van der Waals surface area contributed by atoms with Gasteiger partial charge in [-0.2, -0.15) is 0 Å². The van der Waals surface area contributed by atoms with Gasteiger partial charge in [-0.25, -0.2) is 0 Å². The van der Waals surface area contributed by atoms with Crippen LogP contribution in [0.3, 0.4) is 0 Å². The normalized spacial score (nSPS) is 18.0. The summed E-state index contributed by atoms with van der Waals surface area (Å²) < 4.78 is 11.8. The number of fused-ring (bicyclic) bond motifs is 1. The summed E-state index contributed by atoms with van der Waals surface area (Å²) in [5.74, 6) is 0.329. The fourth-order valence-electron chi connectivity index (χ4n) is 4.14. The molecule has 1 heterocycles. The van der Waals surface area contributed by atoms with Crippen LogP contribution in [-0.4, -0.2) is 18.1 Å². The summed E-state index contributed by atoms with van der Waals surface area (Å²) in [6, 6.07) is 23.0. The molecule has 1 aliphatic rings. The molecule has 1 amide bonds. The Bertz CT molecular complexity index is 1130. The molecule has 32 heavy (non-hydrogen) atoms. The van der Waals surface area contributed by atoms with E-state index >= 15 is 0 Å². The van der Waals surface area contributed by atoms with Gasteiger partial charge in [0, 0.05) is 18.2 Å². The van der Waals surface area contributed by atoms with Gasteiger partial charge in [-0.15, -0.1) is 0 Å². The molecular formula is C27H29NO4. The van der Waals surface area contributed by atoms with Gasteiger partial charge in [0.1, 0.15) is 12.4 Å². The second kappa shape index (κ2) is 8.41. The third-order valence-electron chi connectivity index (χ3n) is 6.28. The molecule has 1 aliphatic heterocycles. The maximum absolute atomic E-state index is 13.5. The molecule has 0 fully saturated rings. The molecule has 0 bridgehead atoms. The van der Waals surface area contributed by atoms with Crippen molar-refractivity contribution in [3.63, 3.8) is 0 Å². The largest absolute Gasteiger partial charge is 0.489 e. The number of amides is 1. The van der Waals surface area contributed by atoms with E-state index in [4.69, 9.17) is 9.47 Å². The third kappa shape index (κ3) is 3.68. The predicted molar refractivity (Wildman–Crippen MR) is 125 cm³/mol. The van der Waals surface area contributed by atoms with Gasteiger partial charge in [0.05, 0.1) is 17.0 Å². The summed E-state index contributed by atoms with van der Waals surface area (Å²) in [4.78, 5) is 15.1. The fraction of sp³-hybridized carbons (Fsp3) is 0.296. The number of carbonyl (C=O) groups excluding carboxylic acids is 1. The van der Waals surface area contributed by atoms with Crippen molar-refractivity contribution in [2.24, 2.45) is 0 Å². The van der Waals surface area contributed by atoms with Crippen molar-refractivity contribution in [2.75, 3.05) is 12.0 Å². The Hall–Kier alpha value is -3.15. The highest BCUT2D eigenvalue weighted by Gasteiger charge is 2.49. The van der Waals surface area contributed by atoms with Crippen molar-refractivity contribution < 1.29 is 19.4 Å². The summed E-state index contributed by atoms with van der Waals surface area (Å²) in [6.07, 6.45) is 0.292. The first-order valence-corrected chi connectivity index (χ1v) is 10.8. The monoisotopic (exact) mass is 431 g/mol. The number of carbonyl (C=O) groups is 1. The number of ether oxygens (including phenoxy) is 2. The molecule has 0 unspecified atom stereocenters. The molecule has 5 heteroatoms. The highest BCUT2D eigenvalue weighted by molar-refractivity contribution is 6.12. The Kier molecular flexibility index (Phi) is 5.80. The van der Waals surface area contributed by atoms with Crippen molar-refractivity contribution in [1.82, 2.24) is 0 Å². The molecule has 1 atom stereocenters. The molecule has 0 saturated carbocycles. The maximum atomic E-state index is 13.5. The molecule has 0 aromatic heterocycles. The number of aliphatic hydroxyl groups is 1. The number of rotatable bonds is 7. The van der Waals surface area contributed by atoms with Crippen molar-refractivity contribution >= 4 is 17.3 Å². The third-order valence-corrected chi connectivity index (χ3v) is 6.28. The van der Waals surface area contributed by atoms with Gasteiger partial charge in [-0.3, -0.25) is 9.69 Å². The van der Waals surface area contributed by atoms with Crippen LogP contribution < -0.4 is 9.64 Å². The lowest BCUT2D eigenvalue weighted by atomic mass is 9.93. The standard InChI is InChI=1S/C27H29NO4/c1-5-27(30)21-13-9-10-14-23(21)28(25(27)29)24-16-15-20(17-22(24)26(2,3)31-4)32-18-19-11-7-6-8-12-19/h6-17,30H,5,18H2,1-4H3/t27-/m1/s1. The van der Waals surface area contributed by atoms with E-state index in [0.29, 0.717) is 35.7 Å². The van der Waals surface area contributed by atoms with Crippen LogP contribution in [0.4, 0.5) is 11.4 Å². The summed E-state index contributed by atoms with van der Waals surface area (Å²) >= 11 is 0. The van der Waals surface area contributed by atoms with Crippen LogP contribution in [-0.2, 0) is 27.3 Å². The van der Waals surface area contributed by atoms with Crippen molar-refractivity contribution in [3.05, 3.63) is 89.5 Å². The van der Waals surface area contributed by atoms with E-state index in [1.165, 1.54) is 0 Å². The lowest BCUT2D eigenvalue weighted by molar-refractivity contribution is -0.135. The minimum Gasteiger partial charge on any atom is -0.489 e. The number of hydrogen-bond acceptors (Lipinski definition) is 4. The lowest BCUT2D eigenvalue weighted by Crippen LogP contribution is -2.38. The average Bonchev–Trinajstić information content (AvgIpc) is 3.05. The van der Waals surface area contributed by atoms with Crippen LogP contribution in [0.5, 0.6) is 5.75 Å². The van der Waals surface area contributed by atoms with Crippen LogP contribution in [0.2, 0.25) is 0 Å². The second-order valence-electron chi connectivity index (χ2n) is 8.54. The predicted octanol–water partition coefficient (Wildman–Crippen LogP) is 5.42. The first-order chi connectivity index (χ1) is 15.3. The Balaban J connectivity index is 1.78. The van der Waals surface area contributed by atoms with Gasteiger partial charge in [-0.1, -0.05) is 55.5 Å². The lowest BCUT2D eigenvalue weighted by Gasteiger charge is -2.31. The van der Waals surface area contributed by atoms with Crippen LogP contribution >= 0.6 is 0 Å². The van der Waals surface area contributed by atoms with Crippen molar-refractivity contribution in [2.45, 2.75) is 45.0 Å². The van der Waals surface area contributed by atoms with E-state index in [-0.39, 0.29) is 5.91 Å². The van der Waals surface area contributed by atoms with Gasteiger partial charge in [0.2, 0.25) is 0 Å². The van der Waals surface area contributed by atoms with Gasteiger partial charge in [-0.05, 0) is 50.1 Å². The molecule has 0 radical (unpaired) electrons. The molecule has 1 N–H and O–H groups in total. The molecule has 4 rings (SSSR count). The molecule has 0 spiro atoms. The molecule has 0 saturated heterocycles. The summed E-state index contributed by atoms with van der Waals surface area (Å²) in [5.41, 5.74) is 1.61. The fourth-order valence-corrected chi connectivity index (χ4v) is 4.14. The number of hydrogen-bond donors (Lipinski definition) is 1. The van der Waals surface area contributed by atoms with E-state index in [1.807, 2.05) is 93.6 Å². The zero-order valence-corrected chi connectivity index (χ0v) is 19.0. The SMILES string of the molecule is CC[C@]1(O)C(=O)N(c2ccc(OCc3ccccc3)cc2C(C)(C)OC)c2ccccc21. The Morgan fingerprint density at radius 1 is 0.969 bits per heavy atom. The van der Waals surface area contributed by atoms with E-state index in [0.717, 1.165) is 11.1 Å². The number of methoxy groups -OCH3 is 1. The first-order valence-electron chi connectivity index (χ1n) is 10.8. The average molecular weight is 432 g/mol. The second-order valence-corrected chi connectivity index (χ2v) is 8.54. The zero-order valence-electron chi connectivity index (χ0n) is 19.0. The summed E-state index contributed by atoms with van der Waals surface area (Å²) in [5, 5.41) is 11.2. The number of anilines is 2. The minimum atomic E-state index is -1.55. The van der Waals surface area contributed by atoms with Crippen molar-refractivity contribution in [1.29, 1.82) is 0 Å². The van der Waals surface area contributed by atoms with E-state index in [9.17, 15) is 9.90 Å². The highest BCUT2D eigenvalue weighted by Crippen LogP contribution is 2.48. The van der Waals surface area contributed by atoms with Crippen LogP contribution in [0.25, 0.3) is 0 Å². The van der Waals surface area contributed by atoms with E-state index in [1.54, 1.807) is 12.0 Å². The zero-order chi connectivity index (χ0) is 22.9. The van der Waals surface area contributed by atoms with Crippen LogP contribution in [0, 0.1) is 0 Å². The summed E-state index contributed by atoms with van der Waals surface area (Å²) in [7, 11) is 1.64. The van der Waals surface area contributed by atoms with Gasteiger partial charge >= 0.3 is 0 Å². The number of para-hydroxylation sites is 1. The first kappa shape index (κ1) is 22.1. The van der Waals surface area contributed by atoms with Gasteiger partial charge < -0.3 is 14.6 Å². The van der Waals surface area contributed by atoms with Crippen molar-refractivity contribution in [3.8, 4) is 5.75 Å².